The Morgan fingerprint density at radius 2 is 1.97 bits per heavy atom. The van der Waals surface area contributed by atoms with E-state index in [4.69, 9.17) is 4.74 Å². The summed E-state index contributed by atoms with van der Waals surface area (Å²) in [6.45, 7) is 0. The van der Waals surface area contributed by atoms with Crippen LogP contribution in [-0.2, 0) is 14.4 Å². The van der Waals surface area contributed by atoms with Crippen molar-refractivity contribution in [1.29, 1.82) is 5.26 Å². The van der Waals surface area contributed by atoms with Crippen molar-refractivity contribution in [2.75, 3.05) is 17.9 Å². The maximum Gasteiger partial charge on any atom is 0.252 e. The molecule has 3 N–H and O–H groups in total. The van der Waals surface area contributed by atoms with Crippen molar-refractivity contribution in [3.05, 3.63) is 54.5 Å². The summed E-state index contributed by atoms with van der Waals surface area (Å²) >= 11 is 0. The van der Waals surface area contributed by atoms with Crippen LogP contribution in [0.2, 0.25) is 0 Å². The average Bonchev–Trinajstić information content (AvgIpc) is 3.22. The van der Waals surface area contributed by atoms with Crippen molar-refractivity contribution in [1.82, 2.24) is 25.2 Å². The highest BCUT2D eigenvalue weighted by Crippen LogP contribution is 2.23. The van der Waals surface area contributed by atoms with Crippen LogP contribution < -0.4 is 20.9 Å². The average molecular weight is 420 g/mol. The molecule has 1 aromatic carbocycles. The number of hydrogen-bond acceptors (Lipinski definition) is 10. The number of aromatic nitrogens is 4. The van der Waals surface area contributed by atoms with Gasteiger partial charge in [0.25, 0.3) is 11.9 Å². The standard InChI is InChI=1S/C19H16N8O4/c1-31-15-6-3-2-5-13(15)24-18(30)16(14(29)11-28)25-26-17-12(9-20)10-23-27(17)19-21-7-4-8-22-19/h2-8,10-11,16,25-26H,1H3,(H,24,30). The Morgan fingerprint density at radius 1 is 1.23 bits per heavy atom. The van der Waals surface area contributed by atoms with Gasteiger partial charge in [-0.15, -0.1) is 0 Å². The number of amides is 1. The van der Waals surface area contributed by atoms with Gasteiger partial charge in [-0.05, 0) is 18.2 Å². The van der Waals surface area contributed by atoms with Gasteiger partial charge in [0, 0.05) is 12.4 Å². The van der Waals surface area contributed by atoms with Crippen LogP contribution in [0, 0.1) is 11.3 Å². The molecule has 2 heterocycles. The number of carbonyl (C=O) groups excluding carboxylic acids is 3. The second-order valence-corrected chi connectivity index (χ2v) is 5.89. The molecule has 12 heteroatoms. The number of anilines is 2. The number of hydrazine groups is 1. The van der Waals surface area contributed by atoms with Gasteiger partial charge in [0.15, 0.2) is 18.1 Å². The van der Waals surface area contributed by atoms with Crippen LogP contribution in [0.15, 0.2) is 48.9 Å². The van der Waals surface area contributed by atoms with E-state index in [1.165, 1.54) is 30.4 Å². The van der Waals surface area contributed by atoms with Crippen molar-refractivity contribution in [2.24, 2.45) is 0 Å². The van der Waals surface area contributed by atoms with Crippen molar-refractivity contribution < 1.29 is 19.1 Å². The number of benzene rings is 1. The summed E-state index contributed by atoms with van der Waals surface area (Å²) in [5, 5.41) is 15.9. The quantitative estimate of drug-likeness (QED) is 0.189. The third-order valence-corrected chi connectivity index (χ3v) is 3.99. The minimum Gasteiger partial charge on any atom is -0.495 e. The normalized spacial score (nSPS) is 11.1. The molecular formula is C19H16N8O4. The molecule has 1 atom stereocenters. The second kappa shape index (κ2) is 9.72. The van der Waals surface area contributed by atoms with E-state index < -0.39 is 17.7 Å². The predicted octanol–water partition coefficient (Wildman–Crippen LogP) is 0.234. The van der Waals surface area contributed by atoms with Crippen molar-refractivity contribution in [3.8, 4) is 17.8 Å². The van der Waals surface area contributed by atoms with Gasteiger partial charge in [0.1, 0.15) is 17.4 Å². The van der Waals surface area contributed by atoms with E-state index >= 15 is 0 Å². The van der Waals surface area contributed by atoms with Crippen molar-refractivity contribution >= 4 is 29.5 Å². The maximum absolute atomic E-state index is 12.7. The number of nitrogens with one attached hydrogen (secondary N) is 3. The number of methoxy groups -OCH3 is 1. The lowest BCUT2D eigenvalue weighted by molar-refractivity contribution is -0.134. The summed E-state index contributed by atoms with van der Waals surface area (Å²) < 4.78 is 6.36. The maximum atomic E-state index is 12.7. The third-order valence-electron chi connectivity index (χ3n) is 3.99. The number of nitriles is 1. The van der Waals surface area contributed by atoms with Crippen LogP contribution in [-0.4, -0.2) is 50.9 Å². The minimum absolute atomic E-state index is 0.0178. The molecule has 0 aliphatic heterocycles. The zero-order valence-electron chi connectivity index (χ0n) is 16.1. The SMILES string of the molecule is COc1ccccc1NC(=O)C(NNc1c(C#N)cnn1-c1ncccn1)C(=O)C=O. The number of ketones is 1. The third kappa shape index (κ3) is 4.69. The Labute approximate surface area is 175 Å². The van der Waals surface area contributed by atoms with Gasteiger partial charge in [-0.2, -0.15) is 15.0 Å². The number of rotatable bonds is 9. The molecule has 156 valence electrons. The highest BCUT2D eigenvalue weighted by atomic mass is 16.5. The van der Waals surface area contributed by atoms with Gasteiger partial charge in [-0.25, -0.2) is 15.4 Å². The molecule has 3 aromatic rings. The van der Waals surface area contributed by atoms with E-state index in [1.807, 2.05) is 6.07 Å². The highest BCUT2D eigenvalue weighted by Gasteiger charge is 2.28. The number of para-hydroxylation sites is 2. The molecule has 31 heavy (non-hydrogen) atoms. The van der Waals surface area contributed by atoms with Gasteiger partial charge in [0.2, 0.25) is 5.78 Å². The Balaban J connectivity index is 1.84. The van der Waals surface area contributed by atoms with Crippen molar-refractivity contribution in [3.63, 3.8) is 0 Å². The summed E-state index contributed by atoms with van der Waals surface area (Å²) in [7, 11) is 1.43. The van der Waals surface area contributed by atoms with Gasteiger partial charge < -0.3 is 15.5 Å². The summed E-state index contributed by atoms with van der Waals surface area (Å²) in [5.41, 5.74) is 5.45. The number of aldehydes is 1. The largest absolute Gasteiger partial charge is 0.495 e. The number of nitrogens with zero attached hydrogens (tertiary/aromatic N) is 5. The summed E-state index contributed by atoms with van der Waals surface area (Å²) in [6, 6.07) is 8.47. The van der Waals surface area contributed by atoms with E-state index in [0.717, 1.165) is 0 Å². The Morgan fingerprint density at radius 3 is 2.65 bits per heavy atom. The first kappa shape index (κ1) is 21.1. The Hall–Kier alpha value is -4.63. The molecule has 0 saturated carbocycles. The fourth-order valence-electron chi connectivity index (χ4n) is 2.53. The molecule has 3 rings (SSSR count). The molecule has 1 amide bonds. The van der Waals surface area contributed by atoms with Gasteiger partial charge in [-0.1, -0.05) is 12.1 Å². The molecule has 2 aromatic heterocycles. The predicted molar refractivity (Wildman–Crippen MR) is 107 cm³/mol. The van der Waals surface area contributed by atoms with E-state index in [0.29, 0.717) is 11.4 Å². The van der Waals surface area contributed by atoms with E-state index in [2.05, 4.69) is 31.2 Å². The van der Waals surface area contributed by atoms with E-state index in [-0.39, 0.29) is 23.6 Å². The first-order valence-electron chi connectivity index (χ1n) is 8.79. The first-order chi connectivity index (χ1) is 15.1. The van der Waals surface area contributed by atoms with Crippen LogP contribution >= 0.6 is 0 Å². The zero-order chi connectivity index (χ0) is 22.2. The van der Waals surface area contributed by atoms with Crippen LogP contribution in [0.25, 0.3) is 5.95 Å². The van der Waals surface area contributed by atoms with E-state index in [9.17, 15) is 19.6 Å². The highest BCUT2D eigenvalue weighted by molar-refractivity contribution is 6.34. The second-order valence-electron chi connectivity index (χ2n) is 5.89. The van der Waals surface area contributed by atoms with Crippen LogP contribution in [0.4, 0.5) is 11.5 Å². The molecule has 1 unspecified atom stereocenters. The molecule has 0 radical (unpaired) electrons. The van der Waals surface area contributed by atoms with Crippen LogP contribution in [0.1, 0.15) is 5.56 Å². The number of ether oxygens (including phenoxy) is 1. The lowest BCUT2D eigenvalue weighted by Crippen LogP contribution is -2.49. The summed E-state index contributed by atoms with van der Waals surface area (Å²) in [6.07, 6.45) is 4.23. The van der Waals surface area contributed by atoms with Gasteiger partial charge >= 0.3 is 0 Å². The fourth-order valence-corrected chi connectivity index (χ4v) is 2.53. The molecule has 0 aliphatic carbocycles. The number of Topliss-reactive ketones (excluding diaryl/α,β-unsaturated/α-hetero) is 1. The first-order valence-corrected chi connectivity index (χ1v) is 8.79. The Kier molecular flexibility index (Phi) is 6.61. The van der Waals surface area contributed by atoms with Gasteiger partial charge in [-0.3, -0.25) is 14.4 Å². The molecule has 0 fully saturated rings. The number of carbonyl (C=O) groups is 3. The summed E-state index contributed by atoms with van der Waals surface area (Å²) in [4.78, 5) is 44.0. The van der Waals surface area contributed by atoms with E-state index in [1.54, 1.807) is 30.3 Å². The lowest BCUT2D eigenvalue weighted by atomic mass is 10.2. The smallest absolute Gasteiger partial charge is 0.252 e. The van der Waals surface area contributed by atoms with Crippen molar-refractivity contribution in [2.45, 2.75) is 6.04 Å². The number of hydrogen-bond donors (Lipinski definition) is 3. The molecular weight excluding hydrogens is 404 g/mol. The summed E-state index contributed by atoms with van der Waals surface area (Å²) in [5.74, 6) is -1.28. The molecule has 12 nitrogen and oxygen atoms in total. The molecule has 0 saturated heterocycles. The minimum atomic E-state index is -1.62. The van der Waals surface area contributed by atoms with Crippen LogP contribution in [0.3, 0.4) is 0 Å². The molecule has 0 bridgehead atoms. The monoisotopic (exact) mass is 420 g/mol. The zero-order valence-corrected chi connectivity index (χ0v) is 16.1. The topological polar surface area (TPSA) is 164 Å². The molecule has 0 aliphatic rings. The molecule has 0 spiro atoms. The lowest BCUT2D eigenvalue weighted by Gasteiger charge is -2.18. The van der Waals surface area contributed by atoms with Gasteiger partial charge in [0.05, 0.1) is 19.0 Å². The fraction of sp³-hybridized carbons (Fsp3) is 0.105. The van der Waals surface area contributed by atoms with Crippen LogP contribution in [0.5, 0.6) is 5.75 Å². The Bertz CT molecular complexity index is 1140.